The van der Waals surface area contributed by atoms with E-state index < -0.39 is 0 Å². The van der Waals surface area contributed by atoms with Gasteiger partial charge in [0.15, 0.2) is 0 Å². The minimum absolute atomic E-state index is 0.561. The monoisotopic (exact) mass is 211 g/mol. The van der Waals surface area contributed by atoms with E-state index in [1.807, 2.05) is 34.9 Å². The van der Waals surface area contributed by atoms with Crippen LogP contribution in [0.3, 0.4) is 0 Å². The summed E-state index contributed by atoms with van der Waals surface area (Å²) in [6, 6.07) is 10.1. The average Bonchev–Trinajstić information content (AvgIpc) is 2.66. The van der Waals surface area contributed by atoms with Gasteiger partial charge in [-0.2, -0.15) is 0 Å². The van der Waals surface area contributed by atoms with Gasteiger partial charge in [0.25, 0.3) is 0 Å². The fourth-order valence-corrected chi connectivity index (χ4v) is 2.10. The number of para-hydroxylation sites is 1. The van der Waals surface area contributed by atoms with Crippen molar-refractivity contribution < 1.29 is 0 Å². The highest BCUT2D eigenvalue weighted by molar-refractivity contribution is 5.45. The summed E-state index contributed by atoms with van der Waals surface area (Å²) in [5, 5.41) is 2.13. The lowest BCUT2D eigenvalue weighted by Crippen LogP contribution is -2.31. The summed E-state index contributed by atoms with van der Waals surface area (Å²) in [7, 11) is 0. The summed E-state index contributed by atoms with van der Waals surface area (Å²) in [6.07, 6.45) is 6.46. The fourth-order valence-electron chi connectivity index (χ4n) is 2.10. The van der Waals surface area contributed by atoms with Crippen LogP contribution in [0.4, 0.5) is 5.95 Å². The first-order valence-corrected chi connectivity index (χ1v) is 5.46. The molecule has 0 spiro atoms. The lowest BCUT2D eigenvalue weighted by Gasteiger charge is -2.05. The Morgan fingerprint density at radius 3 is 2.62 bits per heavy atom. The molecule has 3 heteroatoms. The maximum atomic E-state index is 5.96. The number of nitrogens with zero attached hydrogens (tertiary/aromatic N) is 2. The Balaban J connectivity index is 2.34. The first-order chi connectivity index (χ1) is 7.86. The molecule has 3 nitrogen and oxygen atoms in total. The van der Waals surface area contributed by atoms with Crippen molar-refractivity contribution >= 4 is 18.1 Å². The molecule has 0 fully saturated rings. The predicted octanol–water partition coefficient (Wildman–Crippen LogP) is 0.809. The SMILES string of the molecule is Nc1nc2c(n1-c1ccccc1)=CCCC=2. The number of hydrogen-bond acceptors (Lipinski definition) is 2. The number of anilines is 1. The van der Waals surface area contributed by atoms with Gasteiger partial charge in [0.1, 0.15) is 0 Å². The molecule has 0 radical (unpaired) electrons. The van der Waals surface area contributed by atoms with E-state index >= 15 is 0 Å². The van der Waals surface area contributed by atoms with Gasteiger partial charge in [-0.15, -0.1) is 0 Å². The van der Waals surface area contributed by atoms with E-state index in [0.29, 0.717) is 5.95 Å². The van der Waals surface area contributed by atoms with Crippen LogP contribution >= 0.6 is 0 Å². The normalized spacial score (nSPS) is 13.8. The molecule has 80 valence electrons. The van der Waals surface area contributed by atoms with Crippen LogP contribution in [0.2, 0.25) is 0 Å². The second-order valence-corrected chi connectivity index (χ2v) is 3.90. The van der Waals surface area contributed by atoms with Crippen LogP contribution < -0.4 is 16.4 Å². The van der Waals surface area contributed by atoms with Crippen LogP contribution in [0.25, 0.3) is 17.8 Å². The van der Waals surface area contributed by atoms with E-state index in [9.17, 15) is 0 Å². The summed E-state index contributed by atoms with van der Waals surface area (Å²) >= 11 is 0. The topological polar surface area (TPSA) is 43.8 Å². The second-order valence-electron chi connectivity index (χ2n) is 3.90. The molecule has 3 rings (SSSR count). The molecule has 0 bridgehead atoms. The maximum absolute atomic E-state index is 5.96. The molecule has 0 saturated carbocycles. The van der Waals surface area contributed by atoms with Crippen LogP contribution in [0.15, 0.2) is 30.3 Å². The molecule has 1 heterocycles. The van der Waals surface area contributed by atoms with Gasteiger partial charge in [0.2, 0.25) is 5.95 Å². The van der Waals surface area contributed by atoms with Gasteiger partial charge in [0, 0.05) is 5.69 Å². The van der Waals surface area contributed by atoms with E-state index in [1.54, 1.807) is 0 Å². The first kappa shape index (κ1) is 9.21. The molecule has 2 N–H and O–H groups in total. The van der Waals surface area contributed by atoms with E-state index in [4.69, 9.17) is 5.73 Å². The van der Waals surface area contributed by atoms with Crippen molar-refractivity contribution in [2.75, 3.05) is 5.73 Å². The van der Waals surface area contributed by atoms with Crippen LogP contribution in [0.5, 0.6) is 0 Å². The zero-order chi connectivity index (χ0) is 11.0. The Kier molecular flexibility index (Phi) is 2.03. The van der Waals surface area contributed by atoms with Crippen molar-refractivity contribution in [2.45, 2.75) is 12.8 Å². The third kappa shape index (κ3) is 1.33. The van der Waals surface area contributed by atoms with Gasteiger partial charge in [0.05, 0.1) is 10.7 Å². The van der Waals surface area contributed by atoms with Crippen molar-refractivity contribution in [1.82, 2.24) is 9.55 Å². The van der Waals surface area contributed by atoms with E-state index in [2.05, 4.69) is 17.1 Å². The highest BCUT2D eigenvalue weighted by Gasteiger charge is 2.07. The van der Waals surface area contributed by atoms with Gasteiger partial charge >= 0.3 is 0 Å². The fraction of sp³-hybridized carbons (Fsp3) is 0.154. The third-order valence-electron chi connectivity index (χ3n) is 2.82. The Morgan fingerprint density at radius 1 is 1.06 bits per heavy atom. The number of nitrogen functional groups attached to an aromatic ring is 1. The number of hydrogen-bond donors (Lipinski definition) is 1. The summed E-state index contributed by atoms with van der Waals surface area (Å²) in [6.45, 7) is 0. The molecule has 0 aliphatic heterocycles. The van der Waals surface area contributed by atoms with Gasteiger partial charge in [-0.1, -0.05) is 30.4 Å². The Hall–Kier alpha value is -2.03. The average molecular weight is 211 g/mol. The van der Waals surface area contributed by atoms with Crippen molar-refractivity contribution in [2.24, 2.45) is 0 Å². The maximum Gasteiger partial charge on any atom is 0.205 e. The zero-order valence-electron chi connectivity index (χ0n) is 8.93. The predicted molar refractivity (Wildman–Crippen MR) is 65.4 cm³/mol. The molecule has 1 aliphatic carbocycles. The van der Waals surface area contributed by atoms with Gasteiger partial charge in [-0.25, -0.2) is 4.98 Å². The Labute approximate surface area is 93.5 Å². The number of nitrogens with two attached hydrogens (primary N) is 1. The molecule has 1 aromatic carbocycles. The minimum atomic E-state index is 0.561. The molecular weight excluding hydrogens is 198 g/mol. The number of benzene rings is 1. The first-order valence-electron chi connectivity index (χ1n) is 5.46. The van der Waals surface area contributed by atoms with Gasteiger partial charge < -0.3 is 5.73 Å². The van der Waals surface area contributed by atoms with Crippen LogP contribution in [-0.2, 0) is 0 Å². The van der Waals surface area contributed by atoms with Crippen molar-refractivity contribution in [3.05, 3.63) is 41.0 Å². The lowest BCUT2D eigenvalue weighted by molar-refractivity contribution is 1.01. The molecule has 1 aromatic heterocycles. The number of rotatable bonds is 1. The zero-order valence-corrected chi connectivity index (χ0v) is 8.93. The molecule has 16 heavy (non-hydrogen) atoms. The lowest BCUT2D eigenvalue weighted by atomic mass is 10.2. The van der Waals surface area contributed by atoms with Gasteiger partial charge in [-0.05, 0) is 25.0 Å². The number of aromatic nitrogens is 2. The molecule has 0 atom stereocenters. The van der Waals surface area contributed by atoms with E-state index in [1.165, 1.54) is 0 Å². The third-order valence-corrected chi connectivity index (χ3v) is 2.82. The van der Waals surface area contributed by atoms with Crippen LogP contribution in [0, 0.1) is 0 Å². The Bertz CT molecular complexity index is 623. The van der Waals surface area contributed by atoms with E-state index in [-0.39, 0.29) is 0 Å². The molecule has 1 aliphatic rings. The molecule has 2 aromatic rings. The van der Waals surface area contributed by atoms with Crippen LogP contribution in [0.1, 0.15) is 12.8 Å². The van der Waals surface area contributed by atoms with Crippen molar-refractivity contribution in [3.63, 3.8) is 0 Å². The molecule has 0 saturated heterocycles. The molecular formula is C13H13N3. The quantitative estimate of drug-likeness (QED) is 0.758. The van der Waals surface area contributed by atoms with Crippen molar-refractivity contribution in [1.29, 1.82) is 0 Å². The van der Waals surface area contributed by atoms with Gasteiger partial charge in [-0.3, -0.25) is 4.57 Å². The van der Waals surface area contributed by atoms with Crippen LogP contribution in [-0.4, -0.2) is 9.55 Å². The number of imidazole rings is 1. The number of fused-ring (bicyclic) bond motifs is 1. The summed E-state index contributed by atoms with van der Waals surface area (Å²) in [5.41, 5.74) is 7.03. The highest BCUT2D eigenvalue weighted by Crippen LogP contribution is 2.08. The van der Waals surface area contributed by atoms with E-state index in [0.717, 1.165) is 29.2 Å². The largest absolute Gasteiger partial charge is 0.369 e. The summed E-state index contributed by atoms with van der Waals surface area (Å²) in [4.78, 5) is 4.38. The highest BCUT2D eigenvalue weighted by atomic mass is 15.1. The smallest absolute Gasteiger partial charge is 0.205 e. The summed E-state index contributed by atoms with van der Waals surface area (Å²) < 4.78 is 2.00. The summed E-state index contributed by atoms with van der Waals surface area (Å²) in [5.74, 6) is 0.561. The standard InChI is InChI=1S/C13H13N3/c14-13-15-11-8-4-5-9-12(11)16(13)10-6-2-1-3-7-10/h1-3,6-9H,4-5H2,(H2,14,15). The molecule has 0 amide bonds. The minimum Gasteiger partial charge on any atom is -0.369 e. The molecule has 0 unspecified atom stereocenters. The van der Waals surface area contributed by atoms with Crippen molar-refractivity contribution in [3.8, 4) is 5.69 Å². The Morgan fingerprint density at radius 2 is 1.81 bits per heavy atom. The second kappa shape index (κ2) is 3.52.